The minimum absolute atomic E-state index is 0.197. The van der Waals surface area contributed by atoms with E-state index in [0.29, 0.717) is 6.42 Å². The molecule has 0 bridgehead atoms. The summed E-state index contributed by atoms with van der Waals surface area (Å²) in [4.78, 5) is 21.3. The quantitative estimate of drug-likeness (QED) is 0.590. The van der Waals surface area contributed by atoms with Crippen LogP contribution in [0.15, 0.2) is 24.3 Å². The molecule has 0 heterocycles. The monoisotopic (exact) mass is 182 g/mol. The highest BCUT2D eigenvalue weighted by atomic mass is 16.1. The van der Waals surface area contributed by atoms with Crippen LogP contribution in [-0.2, 0) is 9.59 Å². The van der Waals surface area contributed by atoms with Crippen molar-refractivity contribution in [1.29, 1.82) is 0 Å². The van der Waals surface area contributed by atoms with Crippen LogP contribution in [0.1, 0.15) is 13.3 Å². The standard InChI is InChI=1S/C9H14N2O2/c1-5(7(3)9(11)13)4-6(2)8(10)12/h5H,2-4H2,1H3,(H2,10,12)(H2,11,13). The third kappa shape index (κ3) is 3.55. The molecule has 1 unspecified atom stereocenters. The summed E-state index contributed by atoms with van der Waals surface area (Å²) in [6, 6.07) is 0. The van der Waals surface area contributed by atoms with Gasteiger partial charge in [-0.25, -0.2) is 0 Å². The molecule has 0 aromatic rings. The molecule has 0 aromatic heterocycles. The Morgan fingerprint density at radius 3 is 2.00 bits per heavy atom. The van der Waals surface area contributed by atoms with Gasteiger partial charge in [-0.2, -0.15) is 0 Å². The summed E-state index contributed by atoms with van der Waals surface area (Å²) in [6.07, 6.45) is 0.317. The van der Waals surface area contributed by atoms with Gasteiger partial charge in [-0.15, -0.1) is 0 Å². The lowest BCUT2D eigenvalue weighted by Gasteiger charge is -2.11. The van der Waals surface area contributed by atoms with Crippen LogP contribution in [0.2, 0.25) is 0 Å². The fraction of sp³-hybridized carbons (Fsp3) is 0.333. The van der Waals surface area contributed by atoms with Crippen molar-refractivity contribution in [1.82, 2.24) is 0 Å². The summed E-state index contributed by atoms with van der Waals surface area (Å²) in [7, 11) is 0. The van der Waals surface area contributed by atoms with Gasteiger partial charge in [0.1, 0.15) is 0 Å². The summed E-state index contributed by atoms with van der Waals surface area (Å²) in [5.41, 5.74) is 10.5. The van der Waals surface area contributed by atoms with Crippen molar-refractivity contribution in [3.8, 4) is 0 Å². The molecule has 0 aliphatic carbocycles. The Labute approximate surface area is 77.3 Å². The molecule has 0 aliphatic rings. The summed E-state index contributed by atoms with van der Waals surface area (Å²) < 4.78 is 0. The van der Waals surface area contributed by atoms with Crippen LogP contribution in [0.5, 0.6) is 0 Å². The van der Waals surface area contributed by atoms with Gasteiger partial charge in [0.05, 0.1) is 0 Å². The van der Waals surface area contributed by atoms with Gasteiger partial charge in [0.25, 0.3) is 0 Å². The van der Waals surface area contributed by atoms with E-state index in [-0.39, 0.29) is 17.1 Å². The molecule has 4 nitrogen and oxygen atoms in total. The number of nitrogens with two attached hydrogens (primary N) is 2. The van der Waals surface area contributed by atoms with Gasteiger partial charge in [-0.1, -0.05) is 20.1 Å². The normalized spacial score (nSPS) is 11.8. The Morgan fingerprint density at radius 2 is 1.69 bits per heavy atom. The lowest BCUT2D eigenvalue weighted by atomic mass is 9.94. The highest BCUT2D eigenvalue weighted by molar-refractivity contribution is 5.93. The molecule has 4 heteroatoms. The first-order valence-electron chi connectivity index (χ1n) is 3.82. The van der Waals surface area contributed by atoms with Gasteiger partial charge in [0.2, 0.25) is 11.8 Å². The molecule has 0 fully saturated rings. The predicted octanol–water partition coefficient (Wildman–Crippen LogP) is 0.0956. The van der Waals surface area contributed by atoms with Gasteiger partial charge in [-0.05, 0) is 12.3 Å². The first-order valence-corrected chi connectivity index (χ1v) is 3.82. The Bertz CT molecular complexity index is 269. The Morgan fingerprint density at radius 1 is 1.23 bits per heavy atom. The van der Waals surface area contributed by atoms with E-state index in [1.165, 1.54) is 0 Å². The number of amides is 2. The topological polar surface area (TPSA) is 86.2 Å². The maximum atomic E-state index is 10.7. The summed E-state index contributed by atoms with van der Waals surface area (Å²) in [5, 5.41) is 0. The zero-order valence-electron chi connectivity index (χ0n) is 7.67. The SMILES string of the molecule is C=C(CC(C)C(=C)C(N)=O)C(N)=O. The highest BCUT2D eigenvalue weighted by Gasteiger charge is 2.14. The number of primary amides is 2. The average molecular weight is 182 g/mol. The van der Waals surface area contributed by atoms with Gasteiger partial charge < -0.3 is 11.5 Å². The van der Waals surface area contributed by atoms with Crippen molar-refractivity contribution in [2.24, 2.45) is 17.4 Å². The van der Waals surface area contributed by atoms with E-state index < -0.39 is 11.8 Å². The van der Waals surface area contributed by atoms with E-state index in [2.05, 4.69) is 13.2 Å². The lowest BCUT2D eigenvalue weighted by Crippen LogP contribution is -2.21. The van der Waals surface area contributed by atoms with Gasteiger partial charge in [0.15, 0.2) is 0 Å². The molecule has 0 saturated heterocycles. The summed E-state index contributed by atoms with van der Waals surface area (Å²) in [6.45, 7) is 8.70. The summed E-state index contributed by atoms with van der Waals surface area (Å²) >= 11 is 0. The number of carbonyl (C=O) groups is 2. The Balaban J connectivity index is 4.23. The van der Waals surface area contributed by atoms with E-state index in [0.717, 1.165) is 0 Å². The number of hydrogen-bond acceptors (Lipinski definition) is 2. The molecular formula is C9H14N2O2. The van der Waals surface area contributed by atoms with Crippen LogP contribution in [0.3, 0.4) is 0 Å². The average Bonchev–Trinajstić information content (AvgIpc) is 2.02. The second-order valence-corrected chi connectivity index (χ2v) is 2.96. The van der Waals surface area contributed by atoms with Gasteiger partial charge in [0, 0.05) is 11.1 Å². The molecule has 2 amide bonds. The Kier molecular flexibility index (Phi) is 3.91. The van der Waals surface area contributed by atoms with E-state index in [1.54, 1.807) is 6.92 Å². The summed E-state index contributed by atoms with van der Waals surface area (Å²) in [5.74, 6) is -1.33. The highest BCUT2D eigenvalue weighted by Crippen LogP contribution is 2.16. The molecular weight excluding hydrogens is 168 g/mol. The van der Waals surface area contributed by atoms with Crippen LogP contribution in [0.25, 0.3) is 0 Å². The van der Waals surface area contributed by atoms with Crippen molar-refractivity contribution in [2.75, 3.05) is 0 Å². The van der Waals surface area contributed by atoms with E-state index in [1.807, 2.05) is 0 Å². The minimum atomic E-state index is -0.566. The third-order valence-electron chi connectivity index (χ3n) is 1.81. The first-order chi connectivity index (χ1) is 5.86. The fourth-order valence-corrected chi connectivity index (χ4v) is 0.836. The van der Waals surface area contributed by atoms with E-state index in [9.17, 15) is 9.59 Å². The molecule has 1 atom stereocenters. The largest absolute Gasteiger partial charge is 0.366 e. The zero-order chi connectivity index (χ0) is 10.6. The second-order valence-electron chi connectivity index (χ2n) is 2.96. The molecule has 13 heavy (non-hydrogen) atoms. The molecule has 0 aromatic carbocycles. The Hall–Kier alpha value is -1.58. The number of hydrogen-bond donors (Lipinski definition) is 2. The molecule has 0 aliphatic heterocycles. The second kappa shape index (κ2) is 4.45. The van der Waals surface area contributed by atoms with Crippen LogP contribution in [0, 0.1) is 5.92 Å². The van der Waals surface area contributed by atoms with Crippen molar-refractivity contribution >= 4 is 11.8 Å². The van der Waals surface area contributed by atoms with Crippen LogP contribution < -0.4 is 11.5 Å². The molecule has 72 valence electrons. The van der Waals surface area contributed by atoms with Crippen molar-refractivity contribution in [3.05, 3.63) is 24.3 Å². The maximum absolute atomic E-state index is 10.7. The molecule has 0 saturated carbocycles. The number of carbonyl (C=O) groups excluding carboxylic acids is 2. The lowest BCUT2D eigenvalue weighted by molar-refractivity contribution is -0.116. The van der Waals surface area contributed by atoms with Crippen LogP contribution >= 0.6 is 0 Å². The smallest absolute Gasteiger partial charge is 0.244 e. The van der Waals surface area contributed by atoms with Crippen molar-refractivity contribution in [3.63, 3.8) is 0 Å². The van der Waals surface area contributed by atoms with Crippen LogP contribution in [0.4, 0.5) is 0 Å². The zero-order valence-corrected chi connectivity index (χ0v) is 7.67. The van der Waals surface area contributed by atoms with Crippen molar-refractivity contribution < 1.29 is 9.59 Å². The maximum Gasteiger partial charge on any atom is 0.244 e. The van der Waals surface area contributed by atoms with Crippen molar-refractivity contribution in [2.45, 2.75) is 13.3 Å². The minimum Gasteiger partial charge on any atom is -0.366 e. The molecule has 4 N–H and O–H groups in total. The first kappa shape index (κ1) is 11.4. The van der Waals surface area contributed by atoms with E-state index >= 15 is 0 Å². The van der Waals surface area contributed by atoms with E-state index in [4.69, 9.17) is 11.5 Å². The molecule has 0 spiro atoms. The predicted molar refractivity (Wildman–Crippen MR) is 50.4 cm³/mol. The third-order valence-corrected chi connectivity index (χ3v) is 1.81. The molecule has 0 rings (SSSR count). The molecule has 0 radical (unpaired) electrons. The fourth-order valence-electron chi connectivity index (χ4n) is 0.836. The van der Waals surface area contributed by atoms with Crippen LogP contribution in [-0.4, -0.2) is 11.8 Å². The van der Waals surface area contributed by atoms with Gasteiger partial charge in [-0.3, -0.25) is 9.59 Å². The van der Waals surface area contributed by atoms with Gasteiger partial charge >= 0.3 is 0 Å². The number of rotatable bonds is 5.